The van der Waals surface area contributed by atoms with Gasteiger partial charge >= 0.3 is 7.60 Å². The molecule has 2 radical (unpaired) electrons. The molecule has 0 bridgehead atoms. The second-order valence-corrected chi connectivity index (χ2v) is 6.31. The number of benzene rings is 1. The van der Waals surface area contributed by atoms with Crippen LogP contribution in [0.5, 0.6) is 5.75 Å². The molecule has 0 aliphatic carbocycles. The molecule has 5 atom stereocenters. The molecule has 2 rings (SSSR count). The second-order valence-electron chi connectivity index (χ2n) is 4.49. The zero-order chi connectivity index (χ0) is 14.9. The van der Waals surface area contributed by atoms with Gasteiger partial charge in [-0.25, -0.2) is 8.96 Å². The van der Waals surface area contributed by atoms with Crippen LogP contribution in [0.1, 0.15) is 0 Å². The fraction of sp³-hybridized carbons (Fsp3) is 0.417. The highest BCUT2D eigenvalue weighted by Crippen LogP contribution is 2.45. The van der Waals surface area contributed by atoms with Crippen LogP contribution >= 0.6 is 7.60 Å². The van der Waals surface area contributed by atoms with E-state index in [2.05, 4.69) is 0 Å². The first-order chi connectivity index (χ1) is 9.28. The number of ether oxygens (including phenoxy) is 1. The summed E-state index contributed by atoms with van der Waals surface area (Å²) in [6, 6.07) is 4.56. The average Bonchev–Trinajstić information content (AvgIpc) is 2.59. The summed E-state index contributed by atoms with van der Waals surface area (Å²) in [4.78, 5) is 9.71. The van der Waals surface area contributed by atoms with Crippen LogP contribution in [0.3, 0.4) is 0 Å². The van der Waals surface area contributed by atoms with E-state index in [4.69, 9.17) is 16.2 Å². The molecule has 2 unspecified atom stereocenters. The van der Waals surface area contributed by atoms with Crippen LogP contribution in [0.25, 0.3) is 0 Å². The lowest BCUT2D eigenvalue weighted by molar-refractivity contribution is 0.0312. The van der Waals surface area contributed by atoms with E-state index in [9.17, 15) is 24.1 Å². The van der Waals surface area contributed by atoms with Crippen molar-refractivity contribution in [2.75, 3.05) is 6.16 Å². The van der Waals surface area contributed by atoms with Crippen molar-refractivity contribution in [3.05, 3.63) is 37.0 Å². The minimum atomic E-state index is -4.14. The molecular formula is C12H14FO6P. The molecule has 1 aliphatic rings. The molecule has 8 heteroatoms. The predicted molar refractivity (Wildman–Crippen MR) is 66.7 cm³/mol. The van der Waals surface area contributed by atoms with Gasteiger partial charge in [0.15, 0.2) is 0 Å². The monoisotopic (exact) mass is 304 g/mol. The zero-order valence-corrected chi connectivity index (χ0v) is 11.2. The summed E-state index contributed by atoms with van der Waals surface area (Å²) in [5.74, 6) is -0.497. The fourth-order valence-electron chi connectivity index (χ4n) is 1.85. The van der Waals surface area contributed by atoms with E-state index in [1.807, 2.05) is 0 Å². The number of aliphatic hydroxyl groups excluding tert-OH is 2. The van der Waals surface area contributed by atoms with Crippen molar-refractivity contribution >= 4 is 7.60 Å². The van der Waals surface area contributed by atoms with E-state index in [-0.39, 0.29) is 5.75 Å². The van der Waals surface area contributed by atoms with Crippen molar-refractivity contribution in [2.45, 2.75) is 24.4 Å². The van der Waals surface area contributed by atoms with E-state index in [1.54, 1.807) is 0 Å². The van der Waals surface area contributed by atoms with Crippen LogP contribution in [0.15, 0.2) is 24.3 Å². The van der Waals surface area contributed by atoms with Gasteiger partial charge in [0.25, 0.3) is 0 Å². The van der Waals surface area contributed by atoms with Gasteiger partial charge in [-0.05, 0) is 31.2 Å². The minimum Gasteiger partial charge on any atom is -0.424 e. The molecule has 1 fully saturated rings. The normalized spacial score (nSPS) is 32.9. The van der Waals surface area contributed by atoms with Crippen molar-refractivity contribution in [3.63, 3.8) is 0 Å². The quantitative estimate of drug-likeness (QED) is 0.705. The molecule has 6 nitrogen and oxygen atoms in total. The van der Waals surface area contributed by atoms with Gasteiger partial charge in [0.1, 0.15) is 23.8 Å². The Morgan fingerprint density at radius 1 is 1.30 bits per heavy atom. The van der Waals surface area contributed by atoms with Gasteiger partial charge in [0, 0.05) is 0 Å². The summed E-state index contributed by atoms with van der Waals surface area (Å²) in [7, 11) is -4.14. The Morgan fingerprint density at radius 3 is 2.40 bits per heavy atom. The number of hydrogen-bond acceptors (Lipinski definition) is 5. The Bertz CT molecular complexity index is 507. The Morgan fingerprint density at radius 2 is 1.90 bits per heavy atom. The van der Waals surface area contributed by atoms with Gasteiger partial charge in [-0.3, -0.25) is 0 Å². The first kappa shape index (κ1) is 15.4. The molecule has 0 amide bonds. The van der Waals surface area contributed by atoms with Gasteiger partial charge in [-0.1, -0.05) is 0 Å². The summed E-state index contributed by atoms with van der Waals surface area (Å²) in [6.07, 6.45) is -5.48. The smallest absolute Gasteiger partial charge is 0.379 e. The van der Waals surface area contributed by atoms with E-state index in [0.29, 0.717) is 0 Å². The lowest BCUT2D eigenvalue weighted by Gasteiger charge is -2.19. The summed E-state index contributed by atoms with van der Waals surface area (Å²) >= 11 is 0. The molecule has 1 aliphatic heterocycles. The van der Waals surface area contributed by atoms with Crippen molar-refractivity contribution in [2.24, 2.45) is 0 Å². The van der Waals surface area contributed by atoms with Crippen LogP contribution in [0.4, 0.5) is 4.39 Å². The molecule has 110 valence electrons. The zero-order valence-electron chi connectivity index (χ0n) is 10.3. The Labute approximate surface area is 115 Å². The van der Waals surface area contributed by atoms with Gasteiger partial charge in [-0.15, -0.1) is 0 Å². The lowest BCUT2D eigenvalue weighted by Crippen LogP contribution is -2.33. The van der Waals surface area contributed by atoms with Crippen LogP contribution < -0.4 is 4.52 Å². The molecule has 0 saturated carbocycles. The van der Waals surface area contributed by atoms with Crippen molar-refractivity contribution < 1.29 is 33.3 Å². The average molecular weight is 304 g/mol. The Kier molecular flexibility index (Phi) is 4.46. The van der Waals surface area contributed by atoms with E-state index in [1.165, 1.54) is 12.1 Å². The minimum absolute atomic E-state index is 0.00886. The molecule has 1 saturated heterocycles. The topological polar surface area (TPSA) is 96.2 Å². The molecule has 3 N–H and O–H groups in total. The highest BCUT2D eigenvalue weighted by Gasteiger charge is 2.44. The van der Waals surface area contributed by atoms with E-state index < -0.39 is 44.0 Å². The third-order valence-electron chi connectivity index (χ3n) is 2.87. The number of halogens is 1. The lowest BCUT2D eigenvalue weighted by atomic mass is 10.1. The molecule has 1 heterocycles. The SMILES string of the molecule is [CH][C@@H]1O[C@H](CP(=O)(O)Oc2ccc(F)cc2)[C@H](O)C1O. The summed E-state index contributed by atoms with van der Waals surface area (Å²) in [5, 5.41) is 19.0. The van der Waals surface area contributed by atoms with Gasteiger partial charge < -0.3 is 24.4 Å². The Balaban J connectivity index is 2.01. The predicted octanol–water partition coefficient (Wildman–Crippen LogP) is 0.590. The Hall–Kier alpha value is -0.980. The maximum Gasteiger partial charge on any atom is 0.379 e. The van der Waals surface area contributed by atoms with Gasteiger partial charge in [-0.2, -0.15) is 0 Å². The molecule has 0 spiro atoms. The van der Waals surface area contributed by atoms with Crippen molar-refractivity contribution in [1.29, 1.82) is 0 Å². The van der Waals surface area contributed by atoms with E-state index >= 15 is 0 Å². The summed E-state index contributed by atoms with van der Waals surface area (Å²) in [5.41, 5.74) is 0. The first-order valence-corrected chi connectivity index (χ1v) is 7.59. The molecule has 1 aromatic rings. The van der Waals surface area contributed by atoms with Gasteiger partial charge in [0.05, 0.1) is 18.4 Å². The van der Waals surface area contributed by atoms with Crippen LogP contribution in [0, 0.1) is 12.7 Å². The van der Waals surface area contributed by atoms with Crippen molar-refractivity contribution in [3.8, 4) is 5.75 Å². The number of aliphatic hydroxyl groups is 2. The number of rotatable bonds is 4. The highest BCUT2D eigenvalue weighted by atomic mass is 31.2. The highest BCUT2D eigenvalue weighted by molar-refractivity contribution is 7.53. The summed E-state index contributed by atoms with van der Waals surface area (Å²) in [6.45, 7) is 5.36. The molecule has 0 aromatic heterocycles. The van der Waals surface area contributed by atoms with Crippen molar-refractivity contribution in [1.82, 2.24) is 0 Å². The maximum atomic E-state index is 12.7. The third-order valence-corrected chi connectivity index (χ3v) is 4.19. The molecule has 1 aromatic carbocycles. The number of hydrogen-bond donors (Lipinski definition) is 3. The van der Waals surface area contributed by atoms with Crippen LogP contribution in [-0.4, -0.2) is 45.7 Å². The van der Waals surface area contributed by atoms with E-state index in [0.717, 1.165) is 12.1 Å². The van der Waals surface area contributed by atoms with Gasteiger partial charge in [0.2, 0.25) is 0 Å². The largest absolute Gasteiger partial charge is 0.424 e. The summed E-state index contributed by atoms with van der Waals surface area (Å²) < 4.78 is 34.5. The van der Waals surface area contributed by atoms with Crippen LogP contribution in [-0.2, 0) is 9.30 Å². The fourth-order valence-corrected chi connectivity index (χ4v) is 3.14. The molecule has 20 heavy (non-hydrogen) atoms. The van der Waals surface area contributed by atoms with Crippen LogP contribution in [0.2, 0.25) is 0 Å². The molecular weight excluding hydrogens is 290 g/mol. The first-order valence-electron chi connectivity index (χ1n) is 5.83. The standard InChI is InChI=1S/C12H14FO6P/c1-7-11(14)12(15)10(18-7)6-20(16,17)19-9-4-2-8(13)3-5-9/h1-5,7,10-12,14-15H,6H2,(H,16,17)/t7-,10+,11?,12-/m0/s1. The second kappa shape index (κ2) is 5.79. The third kappa shape index (κ3) is 3.56. The maximum absolute atomic E-state index is 12.7.